The summed E-state index contributed by atoms with van der Waals surface area (Å²) in [6.45, 7) is 8.60. The van der Waals surface area contributed by atoms with Crippen molar-refractivity contribution in [2.45, 2.75) is 26.2 Å². The van der Waals surface area contributed by atoms with Gasteiger partial charge in [0.1, 0.15) is 6.29 Å². The van der Waals surface area contributed by atoms with Crippen LogP contribution < -0.4 is 10.6 Å². The van der Waals surface area contributed by atoms with Gasteiger partial charge in [-0.15, -0.1) is 0 Å². The smallest absolute Gasteiger partial charge is 0.120 e. The van der Waals surface area contributed by atoms with Gasteiger partial charge in [-0.3, -0.25) is 0 Å². The monoisotopic (exact) mass is 184 g/mol. The molecule has 0 aliphatic rings. The molecule has 0 amide bonds. The number of rotatable bonds is 9. The first-order valence-electron chi connectivity index (χ1n) is 4.81. The van der Waals surface area contributed by atoms with Crippen LogP contribution in [0.3, 0.4) is 0 Å². The number of carbonyl (C=O) groups excluding carboxylic acids is 1. The molecule has 0 fully saturated rings. The fraction of sp³-hybridized carbons (Fsp3) is 0.700. The van der Waals surface area contributed by atoms with E-state index >= 15 is 0 Å². The molecule has 3 heteroatoms. The van der Waals surface area contributed by atoms with Crippen molar-refractivity contribution in [3.05, 3.63) is 12.3 Å². The molecule has 0 unspecified atom stereocenters. The first kappa shape index (κ1) is 12.2. The third-order valence-corrected chi connectivity index (χ3v) is 1.63. The van der Waals surface area contributed by atoms with Crippen LogP contribution in [0.1, 0.15) is 26.2 Å². The zero-order valence-electron chi connectivity index (χ0n) is 8.44. The predicted molar refractivity (Wildman–Crippen MR) is 55.6 cm³/mol. The van der Waals surface area contributed by atoms with Gasteiger partial charge in [0.25, 0.3) is 0 Å². The van der Waals surface area contributed by atoms with Gasteiger partial charge in [-0.2, -0.15) is 0 Å². The van der Waals surface area contributed by atoms with Crippen molar-refractivity contribution in [2.75, 3.05) is 19.6 Å². The first-order chi connectivity index (χ1) is 6.27. The quantitative estimate of drug-likeness (QED) is 0.416. The summed E-state index contributed by atoms with van der Waals surface area (Å²) in [6.07, 6.45) is 3.66. The highest BCUT2D eigenvalue weighted by Gasteiger charge is 1.88. The van der Waals surface area contributed by atoms with Crippen LogP contribution in [0.25, 0.3) is 0 Å². The first-order valence-corrected chi connectivity index (χ1v) is 4.81. The van der Waals surface area contributed by atoms with E-state index in [1.165, 1.54) is 0 Å². The minimum absolute atomic E-state index is 0.664. The lowest BCUT2D eigenvalue weighted by Crippen LogP contribution is -2.21. The van der Waals surface area contributed by atoms with Crippen LogP contribution in [0.15, 0.2) is 12.3 Å². The number of allylic oxidation sites excluding steroid dienone is 1. The third-order valence-electron chi connectivity index (χ3n) is 1.63. The summed E-state index contributed by atoms with van der Waals surface area (Å²) in [5.41, 5.74) is 1.01. The molecule has 0 aromatic rings. The second kappa shape index (κ2) is 9.26. The number of hydrogen-bond donors (Lipinski definition) is 2. The molecule has 0 aromatic carbocycles. The maximum atomic E-state index is 9.97. The average molecular weight is 184 g/mol. The van der Waals surface area contributed by atoms with E-state index in [0.717, 1.165) is 44.5 Å². The molecule has 0 radical (unpaired) electrons. The van der Waals surface area contributed by atoms with Crippen molar-refractivity contribution < 1.29 is 4.79 Å². The molecule has 0 atom stereocenters. The number of unbranched alkanes of at least 4 members (excludes halogenated alkanes) is 1. The largest absolute Gasteiger partial charge is 0.389 e. The van der Waals surface area contributed by atoms with Crippen LogP contribution in [-0.4, -0.2) is 25.9 Å². The Labute approximate surface area is 80.6 Å². The molecule has 0 rings (SSSR count). The molecule has 0 aliphatic carbocycles. The number of hydrogen-bond acceptors (Lipinski definition) is 3. The Hall–Kier alpha value is -0.830. The molecule has 2 N–H and O–H groups in total. The van der Waals surface area contributed by atoms with Crippen LogP contribution in [0, 0.1) is 0 Å². The molecule has 0 heterocycles. The summed E-state index contributed by atoms with van der Waals surface area (Å²) in [7, 11) is 0. The van der Waals surface area contributed by atoms with E-state index in [0.29, 0.717) is 6.42 Å². The molecule has 0 aliphatic heterocycles. The van der Waals surface area contributed by atoms with Crippen LogP contribution >= 0.6 is 0 Å². The van der Waals surface area contributed by atoms with Crippen molar-refractivity contribution in [1.82, 2.24) is 10.6 Å². The molecule has 3 nitrogen and oxygen atoms in total. The van der Waals surface area contributed by atoms with Crippen LogP contribution in [0.2, 0.25) is 0 Å². The highest BCUT2D eigenvalue weighted by atomic mass is 16.1. The molecule has 0 bridgehead atoms. The lowest BCUT2D eigenvalue weighted by Gasteiger charge is -2.05. The van der Waals surface area contributed by atoms with Crippen molar-refractivity contribution in [3.8, 4) is 0 Å². The Morgan fingerprint density at radius 1 is 1.31 bits per heavy atom. The van der Waals surface area contributed by atoms with Gasteiger partial charge in [-0.05, 0) is 32.9 Å². The maximum absolute atomic E-state index is 9.97. The Balaban J connectivity index is 2.91. The van der Waals surface area contributed by atoms with Crippen LogP contribution in [0.5, 0.6) is 0 Å². The van der Waals surface area contributed by atoms with Gasteiger partial charge < -0.3 is 15.4 Å². The predicted octanol–water partition coefficient (Wildman–Crippen LogP) is 1.07. The zero-order valence-corrected chi connectivity index (χ0v) is 8.44. The summed E-state index contributed by atoms with van der Waals surface area (Å²) >= 11 is 0. The summed E-state index contributed by atoms with van der Waals surface area (Å²) in [5.74, 6) is 0. The minimum atomic E-state index is 0.664. The molecule has 0 aromatic heterocycles. The highest BCUT2D eigenvalue weighted by Crippen LogP contribution is 1.83. The van der Waals surface area contributed by atoms with Crippen LogP contribution in [-0.2, 0) is 4.79 Å². The summed E-state index contributed by atoms with van der Waals surface area (Å²) < 4.78 is 0. The van der Waals surface area contributed by atoms with Gasteiger partial charge in [-0.1, -0.05) is 6.58 Å². The van der Waals surface area contributed by atoms with Crippen molar-refractivity contribution in [2.24, 2.45) is 0 Å². The Morgan fingerprint density at radius 2 is 2.00 bits per heavy atom. The van der Waals surface area contributed by atoms with E-state index in [9.17, 15) is 4.79 Å². The average Bonchev–Trinajstić information content (AvgIpc) is 2.09. The van der Waals surface area contributed by atoms with Crippen molar-refractivity contribution >= 4 is 6.29 Å². The van der Waals surface area contributed by atoms with Gasteiger partial charge in [0.15, 0.2) is 0 Å². The molecule has 76 valence electrons. The van der Waals surface area contributed by atoms with Gasteiger partial charge >= 0.3 is 0 Å². The van der Waals surface area contributed by atoms with Gasteiger partial charge in [0.2, 0.25) is 0 Å². The summed E-state index contributed by atoms with van der Waals surface area (Å²) in [4.78, 5) is 9.97. The SMILES string of the molecule is C=C(C)NCCCNCCCC=O. The second-order valence-corrected chi connectivity index (χ2v) is 3.12. The van der Waals surface area contributed by atoms with E-state index in [2.05, 4.69) is 17.2 Å². The van der Waals surface area contributed by atoms with Gasteiger partial charge in [0, 0.05) is 18.7 Å². The van der Waals surface area contributed by atoms with Crippen molar-refractivity contribution in [3.63, 3.8) is 0 Å². The topological polar surface area (TPSA) is 41.1 Å². The van der Waals surface area contributed by atoms with E-state index in [1.807, 2.05) is 6.92 Å². The van der Waals surface area contributed by atoms with Crippen molar-refractivity contribution in [1.29, 1.82) is 0 Å². The van der Waals surface area contributed by atoms with Crippen LogP contribution in [0.4, 0.5) is 0 Å². The number of carbonyl (C=O) groups is 1. The highest BCUT2D eigenvalue weighted by molar-refractivity contribution is 5.48. The Morgan fingerprint density at radius 3 is 2.62 bits per heavy atom. The van der Waals surface area contributed by atoms with E-state index in [4.69, 9.17) is 0 Å². The lowest BCUT2D eigenvalue weighted by atomic mass is 10.3. The number of aldehydes is 1. The Bertz CT molecular complexity index is 146. The fourth-order valence-corrected chi connectivity index (χ4v) is 0.951. The fourth-order valence-electron chi connectivity index (χ4n) is 0.951. The van der Waals surface area contributed by atoms with E-state index in [-0.39, 0.29) is 0 Å². The lowest BCUT2D eigenvalue weighted by molar-refractivity contribution is -0.107. The molecule has 0 saturated heterocycles. The molecular weight excluding hydrogens is 164 g/mol. The van der Waals surface area contributed by atoms with Gasteiger partial charge in [-0.25, -0.2) is 0 Å². The van der Waals surface area contributed by atoms with E-state index < -0.39 is 0 Å². The normalized spacial score (nSPS) is 9.62. The molecule has 0 spiro atoms. The van der Waals surface area contributed by atoms with Gasteiger partial charge in [0.05, 0.1) is 0 Å². The summed E-state index contributed by atoms with van der Waals surface area (Å²) in [6, 6.07) is 0. The molecular formula is C10H20N2O. The molecule has 0 saturated carbocycles. The third kappa shape index (κ3) is 11.2. The second-order valence-electron chi connectivity index (χ2n) is 3.12. The zero-order chi connectivity index (χ0) is 9.94. The Kier molecular flexibility index (Phi) is 8.67. The maximum Gasteiger partial charge on any atom is 0.120 e. The van der Waals surface area contributed by atoms with E-state index in [1.54, 1.807) is 0 Å². The minimum Gasteiger partial charge on any atom is -0.389 e. The number of nitrogens with one attached hydrogen (secondary N) is 2. The molecule has 13 heavy (non-hydrogen) atoms. The summed E-state index contributed by atoms with van der Waals surface area (Å²) in [5, 5.41) is 6.42. The standard InChI is InChI=1S/C10H20N2O/c1-10(2)12-8-5-7-11-6-3-4-9-13/h9,11-12H,1,3-8H2,2H3.